The van der Waals surface area contributed by atoms with E-state index in [2.05, 4.69) is 10.3 Å². The van der Waals surface area contributed by atoms with E-state index < -0.39 is 14.6 Å². The molecule has 1 fully saturated rings. The Bertz CT molecular complexity index is 751. The number of aliphatic imine (C=N–C) groups is 1. The fourth-order valence-electron chi connectivity index (χ4n) is 2.58. The Balaban J connectivity index is 1.88. The van der Waals surface area contributed by atoms with Gasteiger partial charge in [0.15, 0.2) is 15.8 Å². The molecule has 1 aromatic carbocycles. The van der Waals surface area contributed by atoms with E-state index in [1.54, 1.807) is 39.1 Å². The van der Waals surface area contributed by atoms with Crippen LogP contribution in [0.2, 0.25) is 10.0 Å². The fraction of sp³-hybridized carbons (Fsp3) is 0.562. The molecule has 1 aliphatic heterocycles. The number of sulfone groups is 1. The summed E-state index contributed by atoms with van der Waals surface area (Å²) >= 11 is 12.0. The summed E-state index contributed by atoms with van der Waals surface area (Å²) in [4.78, 5) is 6.19. The van der Waals surface area contributed by atoms with Gasteiger partial charge in [-0.25, -0.2) is 8.42 Å². The van der Waals surface area contributed by atoms with Crippen molar-refractivity contribution in [2.75, 3.05) is 39.0 Å². The SMILES string of the molecule is CN=C(NCCOc1cccc(Cl)c1Cl)N1CCS(=O)(=O)C(C)(C)C1. The second-order valence-electron chi connectivity index (χ2n) is 6.37. The van der Waals surface area contributed by atoms with Crippen molar-refractivity contribution >= 4 is 39.0 Å². The van der Waals surface area contributed by atoms with Crippen LogP contribution in [0, 0.1) is 0 Å². The lowest BCUT2D eigenvalue weighted by Gasteiger charge is -2.39. The number of benzene rings is 1. The van der Waals surface area contributed by atoms with Gasteiger partial charge < -0.3 is 15.0 Å². The van der Waals surface area contributed by atoms with Crippen molar-refractivity contribution in [2.24, 2.45) is 4.99 Å². The maximum Gasteiger partial charge on any atom is 0.193 e. The van der Waals surface area contributed by atoms with Crippen LogP contribution in [0.5, 0.6) is 5.75 Å². The zero-order valence-corrected chi connectivity index (χ0v) is 16.9. The van der Waals surface area contributed by atoms with Gasteiger partial charge in [-0.3, -0.25) is 4.99 Å². The number of hydrogen-bond acceptors (Lipinski definition) is 4. The van der Waals surface area contributed by atoms with Gasteiger partial charge in [-0.05, 0) is 26.0 Å². The first-order chi connectivity index (χ1) is 11.7. The second-order valence-corrected chi connectivity index (χ2v) is 9.90. The third kappa shape index (κ3) is 4.71. The zero-order chi connectivity index (χ0) is 18.7. The average Bonchev–Trinajstić information content (AvgIpc) is 2.54. The molecule has 0 amide bonds. The van der Waals surface area contributed by atoms with Crippen molar-refractivity contribution in [2.45, 2.75) is 18.6 Å². The standard InChI is InChI=1S/C16H23Cl2N3O3S/c1-16(2)11-21(8-10-25(16,22)23)15(19-3)20-7-9-24-13-6-4-5-12(17)14(13)18/h4-6H,7-11H2,1-3H3,(H,19,20). The molecule has 25 heavy (non-hydrogen) atoms. The Morgan fingerprint density at radius 2 is 2.12 bits per heavy atom. The molecule has 1 aliphatic rings. The quantitative estimate of drug-likeness (QED) is 0.471. The molecule has 2 rings (SSSR count). The van der Waals surface area contributed by atoms with Crippen molar-refractivity contribution in [3.63, 3.8) is 0 Å². The molecule has 1 saturated heterocycles. The van der Waals surface area contributed by atoms with Crippen LogP contribution in [0.15, 0.2) is 23.2 Å². The molecule has 0 radical (unpaired) electrons. The first-order valence-corrected chi connectivity index (χ1v) is 10.3. The van der Waals surface area contributed by atoms with Gasteiger partial charge in [0.05, 0.1) is 22.1 Å². The van der Waals surface area contributed by atoms with Crippen molar-refractivity contribution in [1.82, 2.24) is 10.2 Å². The summed E-state index contributed by atoms with van der Waals surface area (Å²) in [5.41, 5.74) is 0. The summed E-state index contributed by atoms with van der Waals surface area (Å²) in [7, 11) is -1.41. The van der Waals surface area contributed by atoms with E-state index in [1.165, 1.54) is 0 Å². The van der Waals surface area contributed by atoms with Crippen molar-refractivity contribution in [1.29, 1.82) is 0 Å². The smallest absolute Gasteiger partial charge is 0.193 e. The molecule has 0 atom stereocenters. The molecule has 9 heteroatoms. The van der Waals surface area contributed by atoms with Crippen molar-refractivity contribution < 1.29 is 13.2 Å². The molecule has 0 spiro atoms. The van der Waals surface area contributed by atoms with Crippen molar-refractivity contribution in [3.05, 3.63) is 28.2 Å². The largest absolute Gasteiger partial charge is 0.490 e. The average molecular weight is 408 g/mol. The normalized spacial score (nSPS) is 19.6. The predicted molar refractivity (Wildman–Crippen MR) is 103 cm³/mol. The number of guanidine groups is 1. The van der Waals surface area contributed by atoms with Crippen LogP contribution in [-0.4, -0.2) is 63.1 Å². The van der Waals surface area contributed by atoms with Crippen LogP contribution in [0.1, 0.15) is 13.8 Å². The Labute approximate surface area is 159 Å². The molecule has 0 saturated carbocycles. The fourth-order valence-corrected chi connectivity index (χ4v) is 4.29. The summed E-state index contributed by atoms with van der Waals surface area (Å²) in [6, 6.07) is 5.22. The van der Waals surface area contributed by atoms with Crippen LogP contribution in [0.3, 0.4) is 0 Å². The minimum Gasteiger partial charge on any atom is -0.490 e. The minimum absolute atomic E-state index is 0.120. The summed E-state index contributed by atoms with van der Waals surface area (Å²) in [6.45, 7) is 5.17. The van der Waals surface area contributed by atoms with Crippen molar-refractivity contribution in [3.8, 4) is 5.75 Å². The minimum atomic E-state index is -3.08. The van der Waals surface area contributed by atoms with Gasteiger partial charge in [0.25, 0.3) is 0 Å². The van der Waals surface area contributed by atoms with Gasteiger partial charge in [-0.2, -0.15) is 0 Å². The third-order valence-corrected chi connectivity index (χ3v) is 7.45. The molecule has 0 aliphatic carbocycles. The van der Waals surface area contributed by atoms with Crippen LogP contribution < -0.4 is 10.1 Å². The number of nitrogens with zero attached hydrogens (tertiary/aromatic N) is 2. The van der Waals surface area contributed by atoms with Gasteiger partial charge in [-0.1, -0.05) is 29.3 Å². The lowest BCUT2D eigenvalue weighted by atomic mass is 10.2. The Morgan fingerprint density at radius 3 is 2.76 bits per heavy atom. The summed E-state index contributed by atoms with van der Waals surface area (Å²) in [6.07, 6.45) is 0. The van der Waals surface area contributed by atoms with E-state index >= 15 is 0 Å². The number of nitrogens with one attached hydrogen (secondary N) is 1. The number of halogens is 2. The topological polar surface area (TPSA) is 71.0 Å². The lowest BCUT2D eigenvalue weighted by Crippen LogP contribution is -2.57. The van der Waals surface area contributed by atoms with Crippen LogP contribution in [-0.2, 0) is 9.84 Å². The highest BCUT2D eigenvalue weighted by Crippen LogP contribution is 2.31. The maximum absolute atomic E-state index is 12.1. The van der Waals surface area contributed by atoms with Gasteiger partial charge >= 0.3 is 0 Å². The molecule has 0 aromatic heterocycles. The molecule has 1 N–H and O–H groups in total. The van der Waals surface area contributed by atoms with E-state index in [1.807, 2.05) is 4.90 Å². The Kier molecular flexibility index (Phi) is 6.45. The summed E-state index contributed by atoms with van der Waals surface area (Å²) in [5.74, 6) is 1.30. The van der Waals surface area contributed by atoms with E-state index in [4.69, 9.17) is 27.9 Å². The van der Waals surface area contributed by atoms with Crippen LogP contribution >= 0.6 is 23.2 Å². The molecule has 0 unspecified atom stereocenters. The lowest BCUT2D eigenvalue weighted by molar-refractivity contribution is 0.313. The number of rotatable bonds is 4. The molecule has 1 heterocycles. The van der Waals surface area contributed by atoms with Gasteiger partial charge in [0.2, 0.25) is 0 Å². The summed E-state index contributed by atoms with van der Waals surface area (Å²) in [5, 5.41) is 4.02. The van der Waals surface area contributed by atoms with Gasteiger partial charge in [-0.15, -0.1) is 0 Å². The predicted octanol–water partition coefficient (Wildman–Crippen LogP) is 2.46. The Morgan fingerprint density at radius 1 is 1.40 bits per heavy atom. The highest BCUT2D eigenvalue weighted by Gasteiger charge is 2.40. The zero-order valence-electron chi connectivity index (χ0n) is 14.6. The van der Waals surface area contributed by atoms with Crippen LogP contribution in [0.25, 0.3) is 0 Å². The maximum atomic E-state index is 12.1. The first kappa shape index (κ1) is 20.1. The summed E-state index contributed by atoms with van der Waals surface area (Å²) < 4.78 is 29.0. The monoisotopic (exact) mass is 407 g/mol. The van der Waals surface area contributed by atoms with Gasteiger partial charge in [0.1, 0.15) is 17.4 Å². The Hall–Kier alpha value is -1.18. The molecular formula is C16H23Cl2N3O3S. The second kappa shape index (κ2) is 8.01. The highest BCUT2D eigenvalue weighted by atomic mass is 35.5. The molecule has 140 valence electrons. The number of hydrogen-bond donors (Lipinski definition) is 1. The van der Waals surface area contributed by atoms with Crippen LogP contribution in [0.4, 0.5) is 0 Å². The van der Waals surface area contributed by atoms with Gasteiger partial charge in [0, 0.05) is 20.1 Å². The molecule has 1 aromatic rings. The molecule has 0 bridgehead atoms. The van der Waals surface area contributed by atoms with E-state index in [-0.39, 0.29) is 5.75 Å². The van der Waals surface area contributed by atoms with E-state index in [0.717, 1.165) is 0 Å². The molecule has 6 nitrogen and oxygen atoms in total. The number of ether oxygens (including phenoxy) is 1. The van der Waals surface area contributed by atoms with E-state index in [0.29, 0.717) is 48.0 Å². The third-order valence-electron chi connectivity index (χ3n) is 4.11. The highest BCUT2D eigenvalue weighted by molar-refractivity contribution is 7.92. The van der Waals surface area contributed by atoms with E-state index in [9.17, 15) is 8.42 Å². The molecular weight excluding hydrogens is 385 g/mol. The first-order valence-electron chi connectivity index (χ1n) is 7.92.